The molecule has 2 unspecified atom stereocenters. The molecule has 0 bridgehead atoms. The zero-order chi connectivity index (χ0) is 14.0. The number of non-ortho nitro benzene ring substituents is 1. The summed E-state index contributed by atoms with van der Waals surface area (Å²) in [5.74, 6) is 0.766. The first-order chi connectivity index (χ1) is 8.95. The molecule has 1 aliphatic carbocycles. The number of nitrogens with zero attached hydrogens (tertiary/aromatic N) is 1. The average Bonchev–Trinajstić information content (AvgIpc) is 2.30. The molecule has 0 saturated heterocycles. The lowest BCUT2D eigenvalue weighted by Gasteiger charge is -2.32. The molecule has 0 aliphatic heterocycles. The van der Waals surface area contributed by atoms with Crippen LogP contribution in [0.1, 0.15) is 33.1 Å². The minimum atomic E-state index is -0.503. The molecule has 104 valence electrons. The molecule has 5 heteroatoms. The Bertz CT molecular complexity index is 469. The molecule has 1 saturated carbocycles. The van der Waals surface area contributed by atoms with Gasteiger partial charge < -0.3 is 5.32 Å². The van der Waals surface area contributed by atoms with Crippen molar-refractivity contribution in [1.82, 2.24) is 0 Å². The minimum Gasteiger partial charge on any atom is -0.380 e. The van der Waals surface area contributed by atoms with Gasteiger partial charge in [0.15, 0.2) is 0 Å². The van der Waals surface area contributed by atoms with Crippen molar-refractivity contribution >= 4 is 11.4 Å². The Labute approximate surface area is 112 Å². The molecule has 1 aliphatic rings. The number of nitro benzene ring substituents is 1. The van der Waals surface area contributed by atoms with Crippen LogP contribution < -0.4 is 5.32 Å². The Morgan fingerprint density at radius 1 is 1.26 bits per heavy atom. The first kappa shape index (κ1) is 13.8. The average molecular weight is 266 g/mol. The van der Waals surface area contributed by atoms with E-state index in [0.717, 1.165) is 18.9 Å². The molecule has 4 nitrogen and oxygen atoms in total. The molecule has 19 heavy (non-hydrogen) atoms. The van der Waals surface area contributed by atoms with Crippen LogP contribution in [0.4, 0.5) is 15.8 Å². The lowest BCUT2D eigenvalue weighted by atomic mass is 9.80. The van der Waals surface area contributed by atoms with Gasteiger partial charge in [0.25, 0.3) is 5.69 Å². The van der Waals surface area contributed by atoms with Crippen molar-refractivity contribution in [2.45, 2.75) is 39.2 Å². The third kappa shape index (κ3) is 3.43. The number of anilines is 1. The Hall–Kier alpha value is -1.65. The molecule has 2 atom stereocenters. The van der Waals surface area contributed by atoms with E-state index in [1.54, 1.807) is 0 Å². The van der Waals surface area contributed by atoms with Gasteiger partial charge in [0.2, 0.25) is 0 Å². The quantitative estimate of drug-likeness (QED) is 0.665. The van der Waals surface area contributed by atoms with E-state index in [4.69, 9.17) is 0 Å². The Morgan fingerprint density at radius 2 is 1.89 bits per heavy atom. The van der Waals surface area contributed by atoms with Crippen molar-refractivity contribution < 1.29 is 9.31 Å². The maximum absolute atomic E-state index is 13.7. The molecule has 0 amide bonds. The van der Waals surface area contributed by atoms with Crippen LogP contribution in [0.3, 0.4) is 0 Å². The third-order valence-electron chi connectivity index (χ3n) is 3.70. The fourth-order valence-corrected chi connectivity index (χ4v) is 3.02. The number of nitrogens with one attached hydrogen (secondary N) is 1. The second-order valence-electron chi connectivity index (χ2n) is 5.68. The Balaban J connectivity index is 2.13. The van der Waals surface area contributed by atoms with Gasteiger partial charge in [0, 0.05) is 18.2 Å². The Kier molecular flexibility index (Phi) is 4.02. The number of hydrogen-bond acceptors (Lipinski definition) is 3. The second-order valence-corrected chi connectivity index (χ2v) is 5.68. The number of rotatable bonds is 3. The van der Waals surface area contributed by atoms with Gasteiger partial charge in [-0.25, -0.2) is 4.39 Å². The highest BCUT2D eigenvalue weighted by Gasteiger charge is 2.24. The number of hydrogen-bond donors (Lipinski definition) is 1. The van der Waals surface area contributed by atoms with Crippen LogP contribution in [-0.2, 0) is 0 Å². The molecule has 1 N–H and O–H groups in total. The first-order valence-corrected chi connectivity index (χ1v) is 6.66. The summed E-state index contributed by atoms with van der Waals surface area (Å²) >= 11 is 0. The predicted molar refractivity (Wildman–Crippen MR) is 72.6 cm³/mol. The van der Waals surface area contributed by atoms with Gasteiger partial charge in [-0.15, -0.1) is 0 Å². The largest absolute Gasteiger partial charge is 0.380 e. The van der Waals surface area contributed by atoms with Crippen LogP contribution in [0.15, 0.2) is 18.2 Å². The maximum atomic E-state index is 13.7. The van der Waals surface area contributed by atoms with E-state index in [1.807, 2.05) is 0 Å². The summed E-state index contributed by atoms with van der Waals surface area (Å²) in [6.45, 7) is 4.38. The molecule has 1 aromatic rings. The van der Waals surface area contributed by atoms with Gasteiger partial charge in [-0.1, -0.05) is 13.8 Å². The standard InChI is InChI=1S/C14H19FN2O2/c1-9-5-10(2)7-11(6-9)16-14-8-12(17(18)19)3-4-13(14)15/h3-4,8-11,16H,5-7H2,1-2H3. The molecule has 2 rings (SSSR count). The van der Waals surface area contributed by atoms with E-state index in [1.165, 1.54) is 18.6 Å². The monoisotopic (exact) mass is 266 g/mol. The molecule has 1 fully saturated rings. The third-order valence-corrected chi connectivity index (χ3v) is 3.70. The number of nitro groups is 1. The molecule has 0 aromatic heterocycles. The van der Waals surface area contributed by atoms with Gasteiger partial charge in [-0.2, -0.15) is 0 Å². The van der Waals surface area contributed by atoms with Crippen molar-refractivity contribution in [2.24, 2.45) is 11.8 Å². The molecule has 0 spiro atoms. The summed E-state index contributed by atoms with van der Waals surface area (Å²) in [6.07, 6.45) is 3.15. The second kappa shape index (κ2) is 5.55. The highest BCUT2D eigenvalue weighted by molar-refractivity contribution is 5.52. The summed E-state index contributed by atoms with van der Waals surface area (Å²) in [7, 11) is 0. The van der Waals surface area contributed by atoms with E-state index in [-0.39, 0.29) is 17.4 Å². The molecular weight excluding hydrogens is 247 g/mol. The van der Waals surface area contributed by atoms with Gasteiger partial charge >= 0.3 is 0 Å². The van der Waals surface area contributed by atoms with Crippen molar-refractivity contribution in [3.05, 3.63) is 34.1 Å². The van der Waals surface area contributed by atoms with E-state index in [0.29, 0.717) is 11.8 Å². The zero-order valence-corrected chi connectivity index (χ0v) is 11.2. The smallest absolute Gasteiger partial charge is 0.271 e. The highest BCUT2D eigenvalue weighted by Crippen LogP contribution is 2.31. The van der Waals surface area contributed by atoms with Crippen LogP contribution in [0.25, 0.3) is 0 Å². The van der Waals surface area contributed by atoms with Gasteiger partial charge in [-0.05, 0) is 37.2 Å². The van der Waals surface area contributed by atoms with Crippen molar-refractivity contribution in [3.8, 4) is 0 Å². The Morgan fingerprint density at radius 3 is 2.47 bits per heavy atom. The van der Waals surface area contributed by atoms with Crippen LogP contribution in [0.5, 0.6) is 0 Å². The molecule has 0 radical (unpaired) electrons. The fourth-order valence-electron chi connectivity index (χ4n) is 3.02. The summed E-state index contributed by atoms with van der Waals surface area (Å²) in [6, 6.07) is 3.80. The van der Waals surface area contributed by atoms with E-state index in [2.05, 4.69) is 19.2 Å². The van der Waals surface area contributed by atoms with Crippen LogP contribution >= 0.6 is 0 Å². The number of benzene rings is 1. The topological polar surface area (TPSA) is 55.2 Å². The minimum absolute atomic E-state index is 0.0826. The van der Waals surface area contributed by atoms with E-state index in [9.17, 15) is 14.5 Å². The normalized spacial score (nSPS) is 27.0. The predicted octanol–water partition coefficient (Wildman–Crippen LogP) is 3.97. The molecule has 1 aromatic carbocycles. The van der Waals surface area contributed by atoms with E-state index < -0.39 is 10.7 Å². The van der Waals surface area contributed by atoms with E-state index >= 15 is 0 Å². The summed E-state index contributed by atoms with van der Waals surface area (Å²) < 4.78 is 13.7. The first-order valence-electron chi connectivity index (χ1n) is 6.66. The SMILES string of the molecule is CC1CC(C)CC(Nc2cc([N+](=O)[O-])ccc2F)C1. The molecule has 0 heterocycles. The lowest BCUT2D eigenvalue weighted by Crippen LogP contribution is -2.30. The van der Waals surface area contributed by atoms with Crippen molar-refractivity contribution in [2.75, 3.05) is 5.32 Å². The summed E-state index contributed by atoms with van der Waals surface area (Å²) in [5.41, 5.74) is 0.154. The number of halogens is 1. The van der Waals surface area contributed by atoms with Gasteiger partial charge in [-0.3, -0.25) is 10.1 Å². The zero-order valence-electron chi connectivity index (χ0n) is 11.2. The maximum Gasteiger partial charge on any atom is 0.271 e. The van der Waals surface area contributed by atoms with Crippen LogP contribution in [0, 0.1) is 27.8 Å². The van der Waals surface area contributed by atoms with Crippen molar-refractivity contribution in [1.29, 1.82) is 0 Å². The van der Waals surface area contributed by atoms with Crippen molar-refractivity contribution in [3.63, 3.8) is 0 Å². The van der Waals surface area contributed by atoms with Crippen LogP contribution in [0.2, 0.25) is 0 Å². The fraction of sp³-hybridized carbons (Fsp3) is 0.571. The highest BCUT2D eigenvalue weighted by atomic mass is 19.1. The molecular formula is C14H19FN2O2. The van der Waals surface area contributed by atoms with Gasteiger partial charge in [0.1, 0.15) is 5.82 Å². The summed E-state index contributed by atoms with van der Waals surface area (Å²) in [5, 5.41) is 13.8. The van der Waals surface area contributed by atoms with Gasteiger partial charge in [0.05, 0.1) is 10.6 Å². The lowest BCUT2D eigenvalue weighted by molar-refractivity contribution is -0.384. The summed E-state index contributed by atoms with van der Waals surface area (Å²) in [4.78, 5) is 10.2. The van der Waals surface area contributed by atoms with Crippen LogP contribution in [-0.4, -0.2) is 11.0 Å².